The highest BCUT2D eigenvalue weighted by molar-refractivity contribution is 14.1. The molecule has 0 saturated heterocycles. The lowest BCUT2D eigenvalue weighted by Crippen LogP contribution is -2.31. The van der Waals surface area contributed by atoms with E-state index in [0.717, 1.165) is 12.1 Å². The number of aliphatic hydroxyl groups excluding tert-OH is 1. The van der Waals surface area contributed by atoms with Gasteiger partial charge in [0.1, 0.15) is 36.7 Å². The Morgan fingerprint density at radius 1 is 1.00 bits per heavy atom. The largest absolute Gasteiger partial charge is 0.491 e. The number of hydrogen-bond donors (Lipinski definition) is 3. The number of rotatable bonds is 9. The summed E-state index contributed by atoms with van der Waals surface area (Å²) in [7, 11) is 0. The molecule has 0 aromatic heterocycles. The van der Waals surface area contributed by atoms with Crippen LogP contribution in [0.3, 0.4) is 0 Å². The predicted molar refractivity (Wildman–Crippen MR) is 120 cm³/mol. The van der Waals surface area contributed by atoms with Crippen molar-refractivity contribution in [3.63, 3.8) is 0 Å². The molecule has 0 fully saturated rings. The Balaban J connectivity index is 1.57. The van der Waals surface area contributed by atoms with Gasteiger partial charge in [-0.15, -0.1) is 0 Å². The third kappa shape index (κ3) is 6.88. The lowest BCUT2D eigenvalue weighted by Gasteiger charge is -2.15. The number of para-hydroxylation sites is 1. The van der Waals surface area contributed by atoms with Crippen molar-refractivity contribution in [1.82, 2.24) is 5.48 Å². The van der Waals surface area contributed by atoms with Gasteiger partial charge in [0.25, 0.3) is 5.91 Å². The summed E-state index contributed by atoms with van der Waals surface area (Å²) in [6.07, 6.45) is -0.993. The van der Waals surface area contributed by atoms with E-state index in [1.165, 1.54) is 18.2 Å². The van der Waals surface area contributed by atoms with E-state index in [4.69, 9.17) is 9.57 Å². The maximum absolute atomic E-state index is 14.1. The number of nitrogens with one attached hydrogen (secondary N) is 2. The molecule has 6 nitrogen and oxygen atoms in total. The van der Waals surface area contributed by atoms with Crippen LogP contribution in [-0.4, -0.2) is 30.3 Å². The second-order valence-corrected chi connectivity index (χ2v) is 7.70. The molecule has 0 bridgehead atoms. The minimum atomic E-state index is -0.993. The van der Waals surface area contributed by atoms with Gasteiger partial charge >= 0.3 is 0 Å². The van der Waals surface area contributed by atoms with Gasteiger partial charge in [-0.05, 0) is 71.1 Å². The number of anilines is 2. The van der Waals surface area contributed by atoms with E-state index in [0.29, 0.717) is 9.32 Å². The lowest BCUT2D eigenvalue weighted by molar-refractivity contribution is -0.0259. The van der Waals surface area contributed by atoms with Crippen LogP contribution in [0.1, 0.15) is 10.4 Å². The smallest absolute Gasteiger partial charge is 0.276 e. The Kier molecular flexibility index (Phi) is 8.15. The Bertz CT molecular complexity index is 1040. The van der Waals surface area contributed by atoms with Gasteiger partial charge in [0.15, 0.2) is 0 Å². The number of aliphatic hydroxyl groups is 1. The van der Waals surface area contributed by atoms with Crippen molar-refractivity contribution >= 4 is 39.9 Å². The first-order chi connectivity index (χ1) is 14.9. The van der Waals surface area contributed by atoms with Gasteiger partial charge in [0.05, 0.1) is 16.9 Å². The zero-order valence-corrected chi connectivity index (χ0v) is 18.3. The van der Waals surface area contributed by atoms with E-state index in [-0.39, 0.29) is 30.2 Å². The van der Waals surface area contributed by atoms with Crippen LogP contribution in [-0.2, 0) is 4.84 Å². The van der Waals surface area contributed by atoms with E-state index in [1.807, 2.05) is 28.7 Å². The molecule has 0 aliphatic rings. The van der Waals surface area contributed by atoms with Crippen molar-refractivity contribution in [2.75, 3.05) is 18.5 Å². The van der Waals surface area contributed by atoms with Crippen LogP contribution in [0.25, 0.3) is 0 Å². The highest BCUT2D eigenvalue weighted by atomic mass is 127. The molecule has 0 spiro atoms. The monoisotopic (exact) mass is 540 g/mol. The second kappa shape index (κ2) is 11.0. The summed E-state index contributed by atoms with van der Waals surface area (Å²) in [5.74, 6) is -1.24. The van der Waals surface area contributed by atoms with Crippen molar-refractivity contribution in [2.24, 2.45) is 0 Å². The van der Waals surface area contributed by atoms with Crippen molar-refractivity contribution in [2.45, 2.75) is 6.10 Å². The molecule has 0 aliphatic heterocycles. The van der Waals surface area contributed by atoms with Crippen LogP contribution < -0.4 is 15.5 Å². The molecule has 1 atom stereocenters. The second-order valence-electron chi connectivity index (χ2n) is 6.46. The van der Waals surface area contributed by atoms with Gasteiger partial charge in [-0.25, -0.2) is 14.3 Å². The van der Waals surface area contributed by atoms with E-state index >= 15 is 0 Å². The summed E-state index contributed by atoms with van der Waals surface area (Å²) in [6, 6.07) is 16.8. The molecule has 162 valence electrons. The normalized spacial score (nSPS) is 11.6. The summed E-state index contributed by atoms with van der Waals surface area (Å²) in [4.78, 5) is 17.5. The molecule has 0 aliphatic carbocycles. The number of hydroxylamine groups is 1. The Morgan fingerprint density at radius 3 is 2.52 bits per heavy atom. The summed E-state index contributed by atoms with van der Waals surface area (Å²) >= 11 is 1.97. The summed E-state index contributed by atoms with van der Waals surface area (Å²) in [6.45, 7) is -0.260. The maximum atomic E-state index is 14.1. The molecule has 31 heavy (non-hydrogen) atoms. The lowest BCUT2D eigenvalue weighted by atomic mass is 10.1. The van der Waals surface area contributed by atoms with Crippen molar-refractivity contribution in [3.8, 4) is 5.75 Å². The van der Waals surface area contributed by atoms with E-state index in [9.17, 15) is 18.7 Å². The third-order valence-corrected chi connectivity index (χ3v) is 4.72. The van der Waals surface area contributed by atoms with Crippen LogP contribution >= 0.6 is 22.6 Å². The molecule has 3 rings (SSSR count). The van der Waals surface area contributed by atoms with Crippen molar-refractivity contribution in [1.29, 1.82) is 0 Å². The number of halogens is 3. The fourth-order valence-electron chi connectivity index (χ4n) is 2.57. The number of carbonyl (C=O) groups is 1. The number of hydrogen-bond acceptors (Lipinski definition) is 5. The van der Waals surface area contributed by atoms with E-state index in [1.54, 1.807) is 30.3 Å². The molecule has 1 unspecified atom stereocenters. The van der Waals surface area contributed by atoms with Gasteiger partial charge in [-0.2, -0.15) is 0 Å². The minimum Gasteiger partial charge on any atom is -0.491 e. The zero-order chi connectivity index (χ0) is 22.2. The molecule has 9 heteroatoms. The summed E-state index contributed by atoms with van der Waals surface area (Å²) < 4.78 is 33.9. The highest BCUT2D eigenvalue weighted by Gasteiger charge is 2.15. The number of ether oxygens (including phenoxy) is 1. The quantitative estimate of drug-likeness (QED) is 0.277. The molecular formula is C22H19F2IN2O4. The molecule has 3 aromatic carbocycles. The first-order valence-electron chi connectivity index (χ1n) is 9.22. The molecule has 3 N–H and O–H groups in total. The molecule has 0 heterocycles. The van der Waals surface area contributed by atoms with E-state index in [2.05, 4.69) is 10.8 Å². The standard InChI is InChI=1S/C22H19F2IN2O4/c23-14-6-8-18(21(10-14)26-20-9-7-15(25)11-19(20)24)22(29)27-31-13-16(28)12-30-17-4-2-1-3-5-17/h1-11,16,26,28H,12-13H2,(H,27,29). The fourth-order valence-corrected chi connectivity index (χ4v) is 3.02. The Hall–Kier alpha value is -2.76. The average Bonchev–Trinajstić information content (AvgIpc) is 2.75. The zero-order valence-electron chi connectivity index (χ0n) is 16.1. The third-order valence-electron chi connectivity index (χ3n) is 4.05. The first kappa shape index (κ1) is 22.9. The van der Waals surface area contributed by atoms with Crippen LogP contribution in [0.2, 0.25) is 0 Å². The van der Waals surface area contributed by atoms with Gasteiger partial charge in [-0.1, -0.05) is 18.2 Å². The molecule has 3 aromatic rings. The predicted octanol–water partition coefficient (Wildman–Crippen LogP) is 4.41. The Morgan fingerprint density at radius 2 is 1.77 bits per heavy atom. The average molecular weight is 540 g/mol. The number of amides is 1. The van der Waals surface area contributed by atoms with Gasteiger partial charge < -0.3 is 15.2 Å². The van der Waals surface area contributed by atoms with Crippen LogP contribution in [0.5, 0.6) is 5.75 Å². The van der Waals surface area contributed by atoms with Crippen LogP contribution in [0.15, 0.2) is 66.7 Å². The maximum Gasteiger partial charge on any atom is 0.276 e. The number of benzene rings is 3. The SMILES string of the molecule is O=C(NOCC(O)COc1ccccc1)c1ccc(F)cc1Nc1ccc(I)cc1F. The molecule has 1 amide bonds. The summed E-state index contributed by atoms with van der Waals surface area (Å²) in [5.41, 5.74) is 2.38. The van der Waals surface area contributed by atoms with Gasteiger partial charge in [0.2, 0.25) is 0 Å². The van der Waals surface area contributed by atoms with Gasteiger partial charge in [0, 0.05) is 3.57 Å². The topological polar surface area (TPSA) is 79.8 Å². The first-order valence-corrected chi connectivity index (χ1v) is 10.3. The van der Waals surface area contributed by atoms with E-state index < -0.39 is 23.6 Å². The Labute approximate surface area is 191 Å². The molecule has 0 radical (unpaired) electrons. The summed E-state index contributed by atoms with van der Waals surface area (Å²) in [5, 5.41) is 12.7. The van der Waals surface area contributed by atoms with Gasteiger partial charge in [-0.3, -0.25) is 9.63 Å². The number of carbonyl (C=O) groups excluding carboxylic acids is 1. The minimum absolute atomic E-state index is 0.0324. The van der Waals surface area contributed by atoms with Crippen LogP contribution in [0, 0.1) is 15.2 Å². The van der Waals surface area contributed by atoms with Crippen molar-refractivity contribution < 1.29 is 28.3 Å². The van der Waals surface area contributed by atoms with Crippen molar-refractivity contribution in [3.05, 3.63) is 87.5 Å². The molecular weight excluding hydrogens is 521 g/mol. The van der Waals surface area contributed by atoms with Crippen LogP contribution in [0.4, 0.5) is 20.2 Å². The fraction of sp³-hybridized carbons (Fsp3) is 0.136. The highest BCUT2D eigenvalue weighted by Crippen LogP contribution is 2.25. The molecule has 0 saturated carbocycles.